The van der Waals surface area contributed by atoms with Crippen LogP contribution in [0.2, 0.25) is 0 Å². The molecule has 0 fully saturated rings. The fourth-order valence-corrected chi connectivity index (χ4v) is 5.50. The van der Waals surface area contributed by atoms with Gasteiger partial charge in [-0.3, -0.25) is 9.52 Å². The first-order valence-corrected chi connectivity index (χ1v) is 11.7. The second kappa shape index (κ2) is 9.47. The molecule has 0 bridgehead atoms. The van der Waals surface area contributed by atoms with Gasteiger partial charge < -0.3 is 15.5 Å². The van der Waals surface area contributed by atoms with Crippen molar-refractivity contribution in [3.8, 4) is 11.1 Å². The zero-order valence-electron chi connectivity index (χ0n) is 17.2. The summed E-state index contributed by atoms with van der Waals surface area (Å²) in [6.45, 7) is 2.67. The van der Waals surface area contributed by atoms with E-state index in [0.29, 0.717) is 22.0 Å². The van der Waals surface area contributed by atoms with Crippen LogP contribution in [0.15, 0.2) is 52.7 Å². The van der Waals surface area contributed by atoms with Gasteiger partial charge in [0.05, 0.1) is 17.3 Å². The number of aromatic nitrogens is 1. The van der Waals surface area contributed by atoms with Crippen LogP contribution in [0.4, 0.5) is 5.69 Å². The van der Waals surface area contributed by atoms with E-state index in [1.54, 1.807) is 50.2 Å². The monoisotopic (exact) mass is 475 g/mol. The molecule has 11 heteroatoms. The van der Waals surface area contributed by atoms with Crippen molar-refractivity contribution < 1.29 is 28.2 Å². The van der Waals surface area contributed by atoms with Gasteiger partial charge >= 0.3 is 5.97 Å². The quantitative estimate of drug-likeness (QED) is 0.391. The van der Waals surface area contributed by atoms with E-state index in [1.807, 2.05) is 0 Å². The molecule has 3 aromatic rings. The highest BCUT2D eigenvalue weighted by atomic mass is 32.2. The van der Waals surface area contributed by atoms with E-state index in [2.05, 4.69) is 15.0 Å². The van der Waals surface area contributed by atoms with Crippen LogP contribution in [0.25, 0.3) is 11.1 Å². The van der Waals surface area contributed by atoms with Gasteiger partial charge in [-0.15, -0.1) is 11.3 Å². The number of carbonyl (C=O) groups excluding carboxylic acids is 1. The van der Waals surface area contributed by atoms with E-state index >= 15 is 0 Å². The Morgan fingerprint density at radius 3 is 2.34 bits per heavy atom. The number of carboxylic acid groups (broad SMARTS) is 1. The number of carboxylic acids is 1. The average molecular weight is 476 g/mol. The normalized spacial score (nSPS) is 12.2. The van der Waals surface area contributed by atoms with E-state index in [-0.39, 0.29) is 9.77 Å². The number of thiazole rings is 1. The molecule has 0 radical (unpaired) electrons. The number of sulfonamides is 1. The average Bonchev–Trinajstić information content (AvgIpc) is 3.10. The topological polar surface area (TPSA) is 146 Å². The Labute approximate surface area is 188 Å². The molecular weight excluding hydrogens is 454 g/mol. The van der Waals surface area contributed by atoms with Gasteiger partial charge in [0.25, 0.3) is 15.9 Å². The summed E-state index contributed by atoms with van der Waals surface area (Å²) in [5.41, 5.74) is 2.48. The van der Waals surface area contributed by atoms with Gasteiger partial charge in [0.1, 0.15) is 0 Å². The summed E-state index contributed by atoms with van der Waals surface area (Å²) in [7, 11) is -3.78. The smallest absolute Gasteiger partial charge is 0.328 e. The first kappa shape index (κ1) is 23.4. The summed E-state index contributed by atoms with van der Waals surface area (Å²) in [5.74, 6) is -1.96. The van der Waals surface area contributed by atoms with Crippen molar-refractivity contribution >= 4 is 38.9 Å². The van der Waals surface area contributed by atoms with E-state index in [0.717, 1.165) is 16.9 Å². The van der Waals surface area contributed by atoms with Crippen molar-refractivity contribution in [2.75, 3.05) is 11.3 Å². The zero-order valence-corrected chi connectivity index (χ0v) is 18.8. The van der Waals surface area contributed by atoms with Crippen molar-refractivity contribution in [2.45, 2.75) is 24.1 Å². The summed E-state index contributed by atoms with van der Waals surface area (Å²) in [5, 5.41) is 20.9. The van der Waals surface area contributed by atoms with Crippen LogP contribution >= 0.6 is 11.3 Å². The van der Waals surface area contributed by atoms with Crippen LogP contribution in [-0.4, -0.2) is 48.1 Å². The third kappa shape index (κ3) is 5.31. The van der Waals surface area contributed by atoms with Crippen molar-refractivity contribution in [1.29, 1.82) is 0 Å². The molecule has 1 amide bonds. The Morgan fingerprint density at radius 2 is 1.78 bits per heavy atom. The van der Waals surface area contributed by atoms with Crippen molar-refractivity contribution in [3.63, 3.8) is 0 Å². The number of amides is 1. The van der Waals surface area contributed by atoms with Gasteiger partial charge in [0.2, 0.25) is 0 Å². The zero-order chi connectivity index (χ0) is 23.5. The van der Waals surface area contributed by atoms with Crippen LogP contribution in [0, 0.1) is 13.8 Å². The number of rotatable bonds is 8. The van der Waals surface area contributed by atoms with Gasteiger partial charge in [-0.05, 0) is 49.2 Å². The van der Waals surface area contributed by atoms with Crippen LogP contribution in [0.5, 0.6) is 0 Å². The first-order chi connectivity index (χ1) is 15.1. The molecule has 9 nitrogen and oxygen atoms in total. The van der Waals surface area contributed by atoms with E-state index < -0.39 is 34.5 Å². The lowest BCUT2D eigenvalue weighted by Gasteiger charge is -2.12. The maximum Gasteiger partial charge on any atom is 0.328 e. The number of aliphatic hydroxyl groups excluding tert-OH is 1. The molecule has 32 heavy (non-hydrogen) atoms. The highest BCUT2D eigenvalue weighted by Crippen LogP contribution is 2.28. The highest BCUT2D eigenvalue weighted by molar-refractivity contribution is 7.94. The number of carbonyl (C=O) groups is 2. The second-order valence-corrected chi connectivity index (χ2v) is 10.00. The van der Waals surface area contributed by atoms with Gasteiger partial charge in [0, 0.05) is 11.3 Å². The predicted molar refractivity (Wildman–Crippen MR) is 120 cm³/mol. The third-order valence-corrected chi connectivity index (χ3v) is 7.55. The van der Waals surface area contributed by atoms with E-state index in [4.69, 9.17) is 10.2 Å². The fourth-order valence-electron chi connectivity index (χ4n) is 2.97. The number of anilines is 1. The molecule has 2 aromatic carbocycles. The summed E-state index contributed by atoms with van der Waals surface area (Å²) in [6, 6.07) is 11.8. The molecule has 1 heterocycles. The molecular formula is C21H21N3O6S2. The summed E-state index contributed by atoms with van der Waals surface area (Å²) >= 11 is 1.10. The molecule has 0 unspecified atom stereocenters. The van der Waals surface area contributed by atoms with Crippen molar-refractivity contribution in [3.05, 3.63) is 64.8 Å². The number of aliphatic carboxylic acids is 1. The fraction of sp³-hybridized carbons (Fsp3) is 0.190. The number of benzene rings is 2. The molecule has 4 N–H and O–H groups in total. The number of nitrogens with one attached hydrogen (secondary N) is 2. The number of aryl methyl sites for hydroxylation is 2. The molecule has 1 atom stereocenters. The maximum absolute atomic E-state index is 12.7. The van der Waals surface area contributed by atoms with E-state index in [9.17, 15) is 18.0 Å². The number of hydrogen-bond donors (Lipinski definition) is 4. The van der Waals surface area contributed by atoms with E-state index in [1.165, 1.54) is 12.1 Å². The Morgan fingerprint density at radius 1 is 1.09 bits per heavy atom. The predicted octanol–water partition coefficient (Wildman–Crippen LogP) is 2.40. The molecule has 0 aliphatic rings. The SMILES string of the molecule is Cc1nc(C)c(S(=O)(=O)Nc2cccc(-c3ccc(C(=O)N[C@@H](CO)C(=O)O)cc3)c2)s1. The molecule has 0 saturated carbocycles. The summed E-state index contributed by atoms with van der Waals surface area (Å²) in [4.78, 5) is 27.3. The minimum absolute atomic E-state index is 0.165. The first-order valence-electron chi connectivity index (χ1n) is 9.42. The highest BCUT2D eigenvalue weighted by Gasteiger charge is 2.21. The Kier molecular flexibility index (Phi) is 6.92. The van der Waals surface area contributed by atoms with Gasteiger partial charge in [0.15, 0.2) is 10.3 Å². The van der Waals surface area contributed by atoms with Gasteiger partial charge in [-0.2, -0.15) is 0 Å². The van der Waals surface area contributed by atoms with Crippen LogP contribution in [0.3, 0.4) is 0 Å². The number of hydrogen-bond acceptors (Lipinski definition) is 7. The molecule has 0 aliphatic carbocycles. The van der Waals surface area contributed by atoms with Gasteiger partial charge in [-0.25, -0.2) is 18.2 Å². The van der Waals surface area contributed by atoms with Crippen LogP contribution in [-0.2, 0) is 14.8 Å². The van der Waals surface area contributed by atoms with Crippen LogP contribution < -0.4 is 10.0 Å². The minimum Gasteiger partial charge on any atom is -0.480 e. The van der Waals surface area contributed by atoms with Crippen molar-refractivity contribution in [2.24, 2.45) is 0 Å². The van der Waals surface area contributed by atoms with Crippen molar-refractivity contribution in [1.82, 2.24) is 10.3 Å². The van der Waals surface area contributed by atoms with Crippen LogP contribution in [0.1, 0.15) is 21.1 Å². The third-order valence-electron chi connectivity index (χ3n) is 4.49. The second-order valence-electron chi connectivity index (χ2n) is 6.92. The molecule has 0 saturated heterocycles. The lowest BCUT2D eigenvalue weighted by Crippen LogP contribution is -2.43. The lowest BCUT2D eigenvalue weighted by molar-refractivity contribution is -0.140. The number of nitrogens with zero attached hydrogens (tertiary/aromatic N) is 1. The molecule has 0 spiro atoms. The summed E-state index contributed by atoms with van der Waals surface area (Å²) in [6.07, 6.45) is 0. The standard InChI is InChI=1S/C21H21N3O6S2/c1-12-21(31-13(2)22-12)32(29,30)24-17-5-3-4-16(10-17)14-6-8-15(9-7-14)19(26)23-18(11-25)20(27)28/h3-10,18,24-25H,11H2,1-2H3,(H,23,26)(H,27,28)/t18-/m0/s1. The maximum atomic E-state index is 12.7. The Balaban J connectivity index is 1.78. The molecule has 3 rings (SSSR count). The lowest BCUT2D eigenvalue weighted by atomic mass is 10.0. The summed E-state index contributed by atoms with van der Waals surface area (Å²) < 4.78 is 28.2. The van der Waals surface area contributed by atoms with Gasteiger partial charge in [-0.1, -0.05) is 24.3 Å². The molecule has 1 aromatic heterocycles. The molecule has 0 aliphatic heterocycles. The molecule has 168 valence electrons. The Hall–Kier alpha value is -3.28. The number of aliphatic hydroxyl groups is 1. The minimum atomic E-state index is -3.78. The Bertz CT molecular complexity index is 1250. The largest absolute Gasteiger partial charge is 0.480 e.